The zero-order valence-corrected chi connectivity index (χ0v) is 15.2. The predicted octanol–water partition coefficient (Wildman–Crippen LogP) is 5.31. The Labute approximate surface area is 157 Å². The van der Waals surface area contributed by atoms with Crippen LogP contribution in [0.2, 0.25) is 0 Å². The second kappa shape index (κ2) is 7.18. The number of hydrogen-bond donors (Lipinski definition) is 0. The fraction of sp³-hybridized carbons (Fsp3) is 0.200. The summed E-state index contributed by atoms with van der Waals surface area (Å²) in [5, 5.41) is 3.89. The van der Waals surface area contributed by atoms with Crippen LogP contribution in [0.3, 0.4) is 0 Å². The molecule has 0 atom stereocenters. The lowest BCUT2D eigenvalue weighted by Crippen LogP contribution is -2.25. The molecule has 2 aromatic carbocycles. The van der Waals surface area contributed by atoms with Gasteiger partial charge in [-0.2, -0.15) is 10.1 Å². The lowest BCUT2D eigenvalue weighted by Gasteiger charge is -2.15. The van der Waals surface area contributed by atoms with Gasteiger partial charge in [0.05, 0.1) is 11.3 Å². The van der Waals surface area contributed by atoms with Gasteiger partial charge in [-0.05, 0) is 30.0 Å². The topological polar surface area (TPSA) is 32.7 Å². The minimum atomic E-state index is -2.30. The number of rotatable bonds is 3. The standard InChI is InChI=1S/C20H15F5N2O/c1-9(2)12-6-4-11(5-7-12)8-13-10(3)26-27(20(13)28)19-17(24)15(22)14(21)16(23)18(19)25/h4-9H,1-3H3/b13-8+. The summed E-state index contributed by atoms with van der Waals surface area (Å²) < 4.78 is 68.2. The van der Waals surface area contributed by atoms with Crippen molar-refractivity contribution in [2.75, 3.05) is 5.01 Å². The van der Waals surface area contributed by atoms with E-state index in [4.69, 9.17) is 0 Å². The Morgan fingerprint density at radius 1 is 0.893 bits per heavy atom. The number of nitrogens with zero attached hydrogens (tertiary/aromatic N) is 2. The fourth-order valence-electron chi connectivity index (χ4n) is 2.76. The largest absolute Gasteiger partial charge is 0.280 e. The molecule has 0 aliphatic carbocycles. The second-order valence-electron chi connectivity index (χ2n) is 6.60. The molecule has 0 spiro atoms. The van der Waals surface area contributed by atoms with Crippen LogP contribution in [0.15, 0.2) is 34.9 Å². The highest BCUT2D eigenvalue weighted by atomic mass is 19.2. The Hall–Kier alpha value is -3.03. The Morgan fingerprint density at radius 2 is 1.39 bits per heavy atom. The fourth-order valence-corrected chi connectivity index (χ4v) is 2.76. The van der Waals surface area contributed by atoms with Crippen LogP contribution in [-0.4, -0.2) is 11.6 Å². The molecule has 146 valence electrons. The number of carbonyl (C=O) groups excluding carboxylic acids is 1. The SMILES string of the molecule is CC1=NN(c2c(F)c(F)c(F)c(F)c2F)C(=O)/C1=C/c1ccc(C(C)C)cc1. The molecule has 1 amide bonds. The molecule has 0 aromatic heterocycles. The molecule has 1 aliphatic heterocycles. The van der Waals surface area contributed by atoms with Gasteiger partial charge in [0.2, 0.25) is 5.82 Å². The number of hydrogen-bond acceptors (Lipinski definition) is 2. The smallest absolute Gasteiger partial charge is 0.267 e. The summed E-state index contributed by atoms with van der Waals surface area (Å²) in [6.45, 7) is 5.44. The van der Waals surface area contributed by atoms with Gasteiger partial charge < -0.3 is 0 Å². The molecule has 0 radical (unpaired) electrons. The van der Waals surface area contributed by atoms with Crippen molar-refractivity contribution in [3.63, 3.8) is 0 Å². The molecule has 0 fully saturated rings. The molecular weight excluding hydrogens is 379 g/mol. The van der Waals surface area contributed by atoms with E-state index >= 15 is 0 Å². The van der Waals surface area contributed by atoms with Crippen molar-refractivity contribution in [2.24, 2.45) is 5.10 Å². The molecule has 0 unspecified atom stereocenters. The molecule has 3 nitrogen and oxygen atoms in total. The lowest BCUT2D eigenvalue weighted by molar-refractivity contribution is -0.114. The van der Waals surface area contributed by atoms with Crippen molar-refractivity contribution in [3.8, 4) is 0 Å². The molecule has 0 N–H and O–H groups in total. The molecule has 8 heteroatoms. The van der Waals surface area contributed by atoms with Gasteiger partial charge in [-0.15, -0.1) is 0 Å². The van der Waals surface area contributed by atoms with E-state index in [2.05, 4.69) is 5.10 Å². The van der Waals surface area contributed by atoms with Crippen molar-refractivity contribution < 1.29 is 26.7 Å². The molecule has 0 saturated heterocycles. The van der Waals surface area contributed by atoms with E-state index in [1.807, 2.05) is 26.0 Å². The van der Waals surface area contributed by atoms with Crippen molar-refractivity contribution in [2.45, 2.75) is 26.7 Å². The highest BCUT2D eigenvalue weighted by molar-refractivity contribution is 6.32. The Morgan fingerprint density at radius 3 is 1.89 bits per heavy atom. The molecular formula is C20H15F5N2O. The van der Waals surface area contributed by atoms with Crippen molar-refractivity contribution in [3.05, 3.63) is 70.1 Å². The van der Waals surface area contributed by atoms with Crippen LogP contribution in [-0.2, 0) is 4.79 Å². The van der Waals surface area contributed by atoms with Crippen LogP contribution < -0.4 is 5.01 Å². The third-order valence-electron chi connectivity index (χ3n) is 4.38. The maximum Gasteiger partial charge on any atom is 0.280 e. The van der Waals surface area contributed by atoms with Gasteiger partial charge in [-0.25, -0.2) is 22.0 Å². The van der Waals surface area contributed by atoms with E-state index in [0.717, 1.165) is 5.56 Å². The lowest BCUT2D eigenvalue weighted by atomic mass is 10.0. The average Bonchev–Trinajstić information content (AvgIpc) is 2.93. The summed E-state index contributed by atoms with van der Waals surface area (Å²) in [5.41, 5.74) is 0.373. The van der Waals surface area contributed by atoms with E-state index in [0.29, 0.717) is 11.5 Å². The van der Waals surface area contributed by atoms with E-state index in [1.54, 1.807) is 12.1 Å². The molecule has 1 heterocycles. The van der Waals surface area contributed by atoms with Crippen molar-refractivity contribution in [1.82, 2.24) is 0 Å². The monoisotopic (exact) mass is 394 g/mol. The van der Waals surface area contributed by atoms with Gasteiger partial charge in [0.25, 0.3) is 5.91 Å². The van der Waals surface area contributed by atoms with Crippen LogP contribution in [0.5, 0.6) is 0 Å². The van der Waals surface area contributed by atoms with E-state index in [1.165, 1.54) is 13.0 Å². The summed E-state index contributed by atoms with van der Waals surface area (Å²) in [5.74, 6) is -11.5. The van der Waals surface area contributed by atoms with Gasteiger partial charge in [0.15, 0.2) is 23.3 Å². The number of hydrazone groups is 1. The van der Waals surface area contributed by atoms with Gasteiger partial charge >= 0.3 is 0 Å². The number of carbonyl (C=O) groups is 1. The molecule has 0 bridgehead atoms. The summed E-state index contributed by atoms with van der Waals surface area (Å²) in [6.07, 6.45) is 1.44. The third kappa shape index (κ3) is 3.19. The molecule has 3 rings (SSSR count). The van der Waals surface area contributed by atoms with Crippen LogP contribution in [0.1, 0.15) is 37.8 Å². The normalized spacial score (nSPS) is 15.8. The van der Waals surface area contributed by atoms with Crippen LogP contribution >= 0.6 is 0 Å². The number of halogens is 5. The Balaban J connectivity index is 2.03. The van der Waals surface area contributed by atoms with Crippen LogP contribution in [0.4, 0.5) is 27.6 Å². The highest BCUT2D eigenvalue weighted by Gasteiger charge is 2.36. The van der Waals surface area contributed by atoms with Gasteiger partial charge in [-0.3, -0.25) is 4.79 Å². The zero-order chi connectivity index (χ0) is 20.7. The molecule has 28 heavy (non-hydrogen) atoms. The minimum Gasteiger partial charge on any atom is -0.267 e. The van der Waals surface area contributed by atoms with Gasteiger partial charge in [0, 0.05) is 0 Å². The minimum absolute atomic E-state index is 0.0127. The van der Waals surface area contributed by atoms with Gasteiger partial charge in [0.1, 0.15) is 5.69 Å². The summed E-state index contributed by atoms with van der Waals surface area (Å²) in [6, 6.07) is 7.24. The maximum absolute atomic E-state index is 14.0. The number of amides is 1. The first-order valence-corrected chi connectivity index (χ1v) is 8.36. The first-order chi connectivity index (χ1) is 13.1. The molecule has 1 aliphatic rings. The summed E-state index contributed by atoms with van der Waals surface area (Å²) >= 11 is 0. The van der Waals surface area contributed by atoms with Crippen molar-refractivity contribution in [1.29, 1.82) is 0 Å². The maximum atomic E-state index is 14.0. The quantitative estimate of drug-likeness (QED) is 0.301. The van der Waals surface area contributed by atoms with Crippen LogP contribution in [0.25, 0.3) is 6.08 Å². The summed E-state index contributed by atoms with van der Waals surface area (Å²) in [4.78, 5) is 12.6. The molecule has 0 saturated carbocycles. The second-order valence-corrected chi connectivity index (χ2v) is 6.60. The number of benzene rings is 2. The highest BCUT2D eigenvalue weighted by Crippen LogP contribution is 2.34. The Bertz CT molecular complexity index is 997. The average molecular weight is 394 g/mol. The van der Waals surface area contributed by atoms with Crippen molar-refractivity contribution >= 4 is 23.4 Å². The van der Waals surface area contributed by atoms with Crippen LogP contribution in [0, 0.1) is 29.1 Å². The first-order valence-electron chi connectivity index (χ1n) is 8.36. The van der Waals surface area contributed by atoms with E-state index < -0.39 is 40.7 Å². The van der Waals surface area contributed by atoms with E-state index in [9.17, 15) is 26.7 Å². The third-order valence-corrected chi connectivity index (χ3v) is 4.38. The van der Waals surface area contributed by atoms with Gasteiger partial charge in [-0.1, -0.05) is 38.1 Å². The first kappa shape index (κ1) is 19.7. The predicted molar refractivity (Wildman–Crippen MR) is 95.3 cm³/mol. The number of anilines is 1. The molecule has 2 aromatic rings. The summed E-state index contributed by atoms with van der Waals surface area (Å²) in [7, 11) is 0. The Kier molecular flexibility index (Phi) is 5.06. The van der Waals surface area contributed by atoms with E-state index in [-0.39, 0.29) is 16.3 Å². The zero-order valence-electron chi connectivity index (χ0n) is 15.2.